The number of hydrogen-bond donors (Lipinski definition) is 0. The lowest BCUT2D eigenvalue weighted by Gasteiger charge is -2.26. The minimum absolute atomic E-state index is 0.0991. The molecule has 2 atom stereocenters. The molecule has 2 unspecified atom stereocenters. The Kier molecular flexibility index (Phi) is 2.53. The van der Waals surface area contributed by atoms with Crippen LogP contribution < -0.4 is 0 Å². The second-order valence-corrected chi connectivity index (χ2v) is 2.90. The molecule has 0 saturated carbocycles. The van der Waals surface area contributed by atoms with Crippen molar-refractivity contribution in [3.05, 3.63) is 12.2 Å². The predicted molar refractivity (Wildman–Crippen MR) is 33.7 cm³/mol. The van der Waals surface area contributed by atoms with E-state index in [0.717, 1.165) is 0 Å². The predicted octanol–water partition coefficient (Wildman–Crippen LogP) is 2.84. The van der Waals surface area contributed by atoms with Gasteiger partial charge in [0, 0.05) is 0 Å². The third-order valence-electron chi connectivity index (χ3n) is 1.86. The van der Waals surface area contributed by atoms with Gasteiger partial charge < -0.3 is 0 Å². The van der Waals surface area contributed by atoms with Gasteiger partial charge in [-0.05, 0) is 12.2 Å². The van der Waals surface area contributed by atoms with Gasteiger partial charge in [-0.2, -0.15) is 17.6 Å². The van der Waals surface area contributed by atoms with Crippen molar-refractivity contribution in [2.45, 2.75) is 30.4 Å². The molecule has 0 bridgehead atoms. The lowest BCUT2D eigenvalue weighted by atomic mass is 10.0. The molecule has 0 radical (unpaired) electrons. The molecular formula is C7H5F7. The van der Waals surface area contributed by atoms with E-state index in [-0.39, 0.29) is 12.2 Å². The van der Waals surface area contributed by atoms with Gasteiger partial charge in [-0.15, -0.1) is 0 Å². The molecule has 0 heterocycles. The summed E-state index contributed by atoms with van der Waals surface area (Å²) in [6.45, 7) is 0. The SMILES string of the molecule is FC1C=CC(F)C(F)(F)C(F)C1(F)F. The molecule has 0 nitrogen and oxygen atoms in total. The Hall–Kier alpha value is -0.750. The molecule has 0 aromatic heterocycles. The number of halogens is 7. The molecule has 82 valence electrons. The Bertz CT molecular complexity index is 222. The van der Waals surface area contributed by atoms with Crippen molar-refractivity contribution < 1.29 is 30.7 Å². The molecule has 0 saturated heterocycles. The van der Waals surface area contributed by atoms with E-state index in [0.29, 0.717) is 0 Å². The van der Waals surface area contributed by atoms with Crippen LogP contribution in [-0.4, -0.2) is 30.4 Å². The van der Waals surface area contributed by atoms with Gasteiger partial charge in [0.1, 0.15) is 0 Å². The van der Waals surface area contributed by atoms with Crippen LogP contribution in [0.1, 0.15) is 0 Å². The lowest BCUT2D eigenvalue weighted by molar-refractivity contribution is -0.210. The van der Waals surface area contributed by atoms with Gasteiger partial charge in [-0.3, -0.25) is 0 Å². The molecule has 1 aliphatic rings. The van der Waals surface area contributed by atoms with Gasteiger partial charge in [-0.25, -0.2) is 13.2 Å². The summed E-state index contributed by atoms with van der Waals surface area (Å²) in [5, 5.41) is 0. The van der Waals surface area contributed by atoms with Crippen molar-refractivity contribution in [1.82, 2.24) is 0 Å². The summed E-state index contributed by atoms with van der Waals surface area (Å²) >= 11 is 0. The van der Waals surface area contributed by atoms with Crippen LogP contribution in [0, 0.1) is 0 Å². The molecule has 1 aliphatic carbocycles. The van der Waals surface area contributed by atoms with Gasteiger partial charge in [0.15, 0.2) is 12.3 Å². The van der Waals surface area contributed by atoms with E-state index in [2.05, 4.69) is 0 Å². The second-order valence-electron chi connectivity index (χ2n) is 2.90. The smallest absolute Gasteiger partial charge is 0.236 e. The maximum atomic E-state index is 12.5. The van der Waals surface area contributed by atoms with Crippen LogP contribution in [0.25, 0.3) is 0 Å². The van der Waals surface area contributed by atoms with Crippen molar-refractivity contribution in [2.75, 3.05) is 0 Å². The molecule has 0 spiro atoms. The van der Waals surface area contributed by atoms with Gasteiger partial charge >= 0.3 is 11.8 Å². The fourth-order valence-electron chi connectivity index (χ4n) is 0.988. The molecule has 0 fully saturated rings. The fraction of sp³-hybridized carbons (Fsp3) is 0.714. The summed E-state index contributed by atoms with van der Waals surface area (Å²) < 4.78 is 87.2. The van der Waals surface area contributed by atoms with E-state index in [1.54, 1.807) is 0 Å². The van der Waals surface area contributed by atoms with Gasteiger partial charge in [0.25, 0.3) is 0 Å². The number of hydrogen-bond acceptors (Lipinski definition) is 0. The maximum Gasteiger partial charge on any atom is 0.318 e. The van der Waals surface area contributed by atoms with Crippen LogP contribution >= 0.6 is 0 Å². The largest absolute Gasteiger partial charge is 0.318 e. The summed E-state index contributed by atoms with van der Waals surface area (Å²) in [5.74, 6) is -9.83. The Labute approximate surface area is 74.4 Å². The highest BCUT2D eigenvalue weighted by Gasteiger charge is 2.64. The summed E-state index contributed by atoms with van der Waals surface area (Å²) in [4.78, 5) is 0. The zero-order chi connectivity index (χ0) is 11.1. The summed E-state index contributed by atoms with van der Waals surface area (Å²) in [7, 11) is 0. The minimum Gasteiger partial charge on any atom is -0.236 e. The molecule has 7 heteroatoms. The van der Waals surface area contributed by atoms with Gasteiger partial charge in [0.2, 0.25) is 6.17 Å². The molecule has 14 heavy (non-hydrogen) atoms. The highest BCUT2D eigenvalue weighted by atomic mass is 19.3. The lowest BCUT2D eigenvalue weighted by Crippen LogP contribution is -2.51. The number of rotatable bonds is 0. The Balaban J connectivity index is 3.12. The van der Waals surface area contributed by atoms with Crippen molar-refractivity contribution in [2.24, 2.45) is 0 Å². The number of allylic oxidation sites excluding steroid dienone is 2. The molecule has 0 aromatic carbocycles. The van der Waals surface area contributed by atoms with Crippen LogP contribution in [-0.2, 0) is 0 Å². The fourth-order valence-corrected chi connectivity index (χ4v) is 0.988. The summed E-state index contributed by atoms with van der Waals surface area (Å²) in [5.41, 5.74) is 0. The molecular weight excluding hydrogens is 217 g/mol. The highest BCUT2D eigenvalue weighted by molar-refractivity contribution is 5.13. The Morgan fingerprint density at radius 1 is 0.714 bits per heavy atom. The van der Waals surface area contributed by atoms with Crippen molar-refractivity contribution >= 4 is 0 Å². The standard InChI is InChI=1S/C7H5F7/c8-3-1-2-4(9)7(13,14)5(10)6(3,11)12/h1-5H. The molecule has 0 aromatic rings. The van der Waals surface area contributed by atoms with Crippen molar-refractivity contribution in [3.63, 3.8) is 0 Å². The van der Waals surface area contributed by atoms with E-state index in [4.69, 9.17) is 0 Å². The quantitative estimate of drug-likeness (QED) is 0.436. The Morgan fingerprint density at radius 2 is 1.00 bits per heavy atom. The van der Waals surface area contributed by atoms with E-state index in [1.807, 2.05) is 0 Å². The van der Waals surface area contributed by atoms with Crippen LogP contribution in [0.5, 0.6) is 0 Å². The Morgan fingerprint density at radius 3 is 1.29 bits per heavy atom. The van der Waals surface area contributed by atoms with E-state index >= 15 is 0 Å². The molecule has 1 rings (SSSR count). The first-order chi connectivity index (χ1) is 6.20. The molecule has 0 amide bonds. The monoisotopic (exact) mass is 222 g/mol. The first-order valence-corrected chi connectivity index (χ1v) is 3.57. The third-order valence-corrected chi connectivity index (χ3v) is 1.86. The van der Waals surface area contributed by atoms with Gasteiger partial charge in [-0.1, -0.05) is 0 Å². The van der Waals surface area contributed by atoms with Crippen molar-refractivity contribution in [1.29, 1.82) is 0 Å². The van der Waals surface area contributed by atoms with Crippen LogP contribution in [0.2, 0.25) is 0 Å². The molecule has 0 aliphatic heterocycles. The second kappa shape index (κ2) is 3.13. The average molecular weight is 222 g/mol. The first-order valence-electron chi connectivity index (χ1n) is 3.57. The highest BCUT2D eigenvalue weighted by Crippen LogP contribution is 2.43. The minimum atomic E-state index is -4.92. The van der Waals surface area contributed by atoms with Crippen LogP contribution in [0.3, 0.4) is 0 Å². The summed E-state index contributed by atoms with van der Waals surface area (Å²) in [6, 6.07) is 0. The normalized spacial score (nSPS) is 40.6. The van der Waals surface area contributed by atoms with Crippen LogP contribution in [0.4, 0.5) is 30.7 Å². The zero-order valence-electron chi connectivity index (χ0n) is 6.53. The number of alkyl halides is 7. The van der Waals surface area contributed by atoms with Crippen LogP contribution in [0.15, 0.2) is 12.2 Å². The third kappa shape index (κ3) is 1.48. The van der Waals surface area contributed by atoms with Crippen molar-refractivity contribution in [3.8, 4) is 0 Å². The molecule has 0 N–H and O–H groups in total. The van der Waals surface area contributed by atoms with E-state index < -0.39 is 30.4 Å². The van der Waals surface area contributed by atoms with E-state index in [9.17, 15) is 30.7 Å². The topological polar surface area (TPSA) is 0 Å². The average Bonchev–Trinajstić information content (AvgIpc) is 2.13. The van der Waals surface area contributed by atoms with Gasteiger partial charge in [0.05, 0.1) is 0 Å². The van der Waals surface area contributed by atoms with E-state index in [1.165, 1.54) is 0 Å². The maximum absolute atomic E-state index is 12.5. The first kappa shape index (κ1) is 11.3. The zero-order valence-corrected chi connectivity index (χ0v) is 6.53. The summed E-state index contributed by atoms with van der Waals surface area (Å²) in [6.07, 6.45) is -10.9.